The van der Waals surface area contributed by atoms with Crippen molar-refractivity contribution >= 4 is 11.8 Å². The normalized spacial score (nSPS) is 13.8. The molecular weight excluding hydrogens is 288 g/mol. The molecule has 23 heavy (non-hydrogen) atoms. The van der Waals surface area contributed by atoms with Gasteiger partial charge in [-0.2, -0.15) is 0 Å². The molecule has 1 aliphatic rings. The molecule has 4 nitrogen and oxygen atoms in total. The van der Waals surface area contributed by atoms with Gasteiger partial charge in [-0.05, 0) is 36.6 Å². The molecule has 2 amide bonds. The van der Waals surface area contributed by atoms with E-state index in [9.17, 15) is 9.59 Å². The predicted octanol–water partition coefficient (Wildman–Crippen LogP) is 2.85. The van der Waals surface area contributed by atoms with Crippen LogP contribution in [0.4, 0.5) is 0 Å². The summed E-state index contributed by atoms with van der Waals surface area (Å²) in [6.07, 6.45) is 2.12. The monoisotopic (exact) mass is 308 g/mol. The molecular formula is C19H20N2O2. The Bertz CT molecular complexity index is 692. The van der Waals surface area contributed by atoms with E-state index in [4.69, 9.17) is 0 Å². The molecule has 2 aromatic carbocycles. The summed E-state index contributed by atoms with van der Waals surface area (Å²) in [6, 6.07) is 16.7. The number of nitrogens with zero attached hydrogens (tertiary/aromatic N) is 1. The number of carbonyl (C=O) groups is 2. The molecule has 0 saturated carbocycles. The first-order valence-corrected chi connectivity index (χ1v) is 7.95. The molecule has 0 spiro atoms. The first-order valence-electron chi connectivity index (χ1n) is 7.95. The third-order valence-electron chi connectivity index (χ3n) is 4.06. The molecule has 0 aromatic heterocycles. The Labute approximate surface area is 136 Å². The highest BCUT2D eigenvalue weighted by Crippen LogP contribution is 2.14. The lowest BCUT2D eigenvalue weighted by molar-refractivity contribution is 0.0793. The van der Waals surface area contributed by atoms with E-state index < -0.39 is 0 Å². The summed E-state index contributed by atoms with van der Waals surface area (Å²) < 4.78 is 0. The number of rotatable bonds is 4. The highest BCUT2D eigenvalue weighted by molar-refractivity contribution is 5.99. The molecule has 0 radical (unpaired) electrons. The summed E-state index contributed by atoms with van der Waals surface area (Å²) in [5, 5.41) is 2.89. The van der Waals surface area contributed by atoms with Gasteiger partial charge in [-0.25, -0.2) is 0 Å². The SMILES string of the molecule is O=C(NCc1ccccc1)c1cccc(C(=O)N2CCCC2)c1. The van der Waals surface area contributed by atoms with E-state index in [1.54, 1.807) is 24.3 Å². The Morgan fingerprint density at radius 1 is 0.913 bits per heavy atom. The number of likely N-dealkylation sites (tertiary alicyclic amines) is 1. The van der Waals surface area contributed by atoms with E-state index in [0.717, 1.165) is 31.5 Å². The van der Waals surface area contributed by atoms with Gasteiger partial charge >= 0.3 is 0 Å². The van der Waals surface area contributed by atoms with Crippen molar-refractivity contribution < 1.29 is 9.59 Å². The van der Waals surface area contributed by atoms with Crippen molar-refractivity contribution in [2.45, 2.75) is 19.4 Å². The molecule has 1 aliphatic heterocycles. The van der Waals surface area contributed by atoms with Crippen molar-refractivity contribution in [1.82, 2.24) is 10.2 Å². The van der Waals surface area contributed by atoms with Gasteiger partial charge in [0, 0.05) is 30.8 Å². The van der Waals surface area contributed by atoms with Crippen LogP contribution in [0.5, 0.6) is 0 Å². The van der Waals surface area contributed by atoms with E-state index >= 15 is 0 Å². The van der Waals surface area contributed by atoms with Crippen molar-refractivity contribution in [3.8, 4) is 0 Å². The Morgan fingerprint density at radius 2 is 1.61 bits per heavy atom. The van der Waals surface area contributed by atoms with E-state index in [2.05, 4.69) is 5.32 Å². The quantitative estimate of drug-likeness (QED) is 0.944. The zero-order chi connectivity index (χ0) is 16.1. The maximum atomic E-state index is 12.4. The molecule has 118 valence electrons. The number of nitrogens with one attached hydrogen (secondary N) is 1. The molecule has 4 heteroatoms. The summed E-state index contributed by atoms with van der Waals surface area (Å²) in [7, 11) is 0. The van der Waals surface area contributed by atoms with Crippen molar-refractivity contribution in [2.75, 3.05) is 13.1 Å². The minimum atomic E-state index is -0.162. The van der Waals surface area contributed by atoms with Gasteiger partial charge in [0.05, 0.1) is 0 Å². The van der Waals surface area contributed by atoms with Crippen LogP contribution in [-0.2, 0) is 6.54 Å². The zero-order valence-electron chi connectivity index (χ0n) is 13.0. The molecule has 3 rings (SSSR count). The summed E-state index contributed by atoms with van der Waals surface area (Å²) in [5.74, 6) is -0.148. The van der Waals surface area contributed by atoms with Crippen LogP contribution in [0.15, 0.2) is 54.6 Å². The topological polar surface area (TPSA) is 49.4 Å². The molecule has 0 unspecified atom stereocenters. The summed E-state index contributed by atoms with van der Waals surface area (Å²) in [5.41, 5.74) is 2.15. The van der Waals surface area contributed by atoms with Gasteiger partial charge < -0.3 is 10.2 Å². The van der Waals surface area contributed by atoms with E-state index in [1.165, 1.54) is 0 Å². The van der Waals surface area contributed by atoms with Crippen LogP contribution < -0.4 is 5.32 Å². The van der Waals surface area contributed by atoms with Gasteiger partial charge in [-0.1, -0.05) is 36.4 Å². The second kappa shape index (κ2) is 7.09. The molecule has 0 bridgehead atoms. The maximum Gasteiger partial charge on any atom is 0.253 e. The second-order valence-corrected chi connectivity index (χ2v) is 5.75. The van der Waals surface area contributed by atoms with Crippen LogP contribution in [-0.4, -0.2) is 29.8 Å². The van der Waals surface area contributed by atoms with E-state index in [1.807, 2.05) is 35.2 Å². The van der Waals surface area contributed by atoms with Crippen LogP contribution in [0.2, 0.25) is 0 Å². The fourth-order valence-electron chi connectivity index (χ4n) is 2.78. The summed E-state index contributed by atoms with van der Waals surface area (Å²) in [4.78, 5) is 26.5. The Hall–Kier alpha value is -2.62. The average Bonchev–Trinajstić information content (AvgIpc) is 3.14. The summed E-state index contributed by atoms with van der Waals surface area (Å²) in [6.45, 7) is 2.09. The molecule has 1 fully saturated rings. The largest absolute Gasteiger partial charge is 0.348 e. The van der Waals surface area contributed by atoms with Gasteiger partial charge in [-0.15, -0.1) is 0 Å². The van der Waals surface area contributed by atoms with Crippen molar-refractivity contribution in [2.24, 2.45) is 0 Å². The highest BCUT2D eigenvalue weighted by Gasteiger charge is 2.20. The minimum Gasteiger partial charge on any atom is -0.348 e. The zero-order valence-corrected chi connectivity index (χ0v) is 13.0. The predicted molar refractivity (Wildman–Crippen MR) is 89.2 cm³/mol. The van der Waals surface area contributed by atoms with Crippen molar-refractivity contribution in [1.29, 1.82) is 0 Å². The van der Waals surface area contributed by atoms with Crippen LogP contribution in [0.1, 0.15) is 39.1 Å². The van der Waals surface area contributed by atoms with Gasteiger partial charge in [0.25, 0.3) is 11.8 Å². The summed E-state index contributed by atoms with van der Waals surface area (Å²) >= 11 is 0. The lowest BCUT2D eigenvalue weighted by Crippen LogP contribution is -2.28. The lowest BCUT2D eigenvalue weighted by Gasteiger charge is -2.15. The lowest BCUT2D eigenvalue weighted by atomic mass is 10.1. The first-order chi connectivity index (χ1) is 11.2. The van der Waals surface area contributed by atoms with Crippen LogP contribution in [0.3, 0.4) is 0 Å². The number of benzene rings is 2. The van der Waals surface area contributed by atoms with Crippen molar-refractivity contribution in [3.05, 3.63) is 71.3 Å². The van der Waals surface area contributed by atoms with Gasteiger partial charge in [0.2, 0.25) is 0 Å². The van der Waals surface area contributed by atoms with Crippen molar-refractivity contribution in [3.63, 3.8) is 0 Å². The number of hydrogen-bond acceptors (Lipinski definition) is 2. The third kappa shape index (κ3) is 3.77. The molecule has 0 aliphatic carbocycles. The second-order valence-electron chi connectivity index (χ2n) is 5.75. The van der Waals surface area contributed by atoms with Crippen LogP contribution >= 0.6 is 0 Å². The Balaban J connectivity index is 1.66. The van der Waals surface area contributed by atoms with E-state index in [-0.39, 0.29) is 11.8 Å². The van der Waals surface area contributed by atoms with E-state index in [0.29, 0.717) is 17.7 Å². The first kappa shape index (κ1) is 15.3. The molecule has 0 atom stereocenters. The minimum absolute atomic E-state index is 0.0141. The molecule has 1 saturated heterocycles. The van der Waals surface area contributed by atoms with Gasteiger partial charge in [0.15, 0.2) is 0 Å². The molecule has 1 heterocycles. The van der Waals surface area contributed by atoms with Gasteiger partial charge in [-0.3, -0.25) is 9.59 Å². The van der Waals surface area contributed by atoms with Crippen LogP contribution in [0.25, 0.3) is 0 Å². The number of amides is 2. The molecule has 2 aromatic rings. The Morgan fingerprint density at radius 3 is 2.35 bits per heavy atom. The fourth-order valence-corrected chi connectivity index (χ4v) is 2.78. The highest BCUT2D eigenvalue weighted by atomic mass is 16.2. The standard InChI is InChI=1S/C19H20N2O2/c22-18(20-14-15-7-2-1-3-8-15)16-9-6-10-17(13-16)19(23)21-11-4-5-12-21/h1-3,6-10,13H,4-5,11-12,14H2,(H,20,22). The smallest absolute Gasteiger partial charge is 0.253 e. The fraction of sp³-hybridized carbons (Fsp3) is 0.263. The number of hydrogen-bond donors (Lipinski definition) is 1. The van der Waals surface area contributed by atoms with Gasteiger partial charge in [0.1, 0.15) is 0 Å². The number of carbonyl (C=O) groups excluding carboxylic acids is 2. The van der Waals surface area contributed by atoms with Crippen LogP contribution in [0, 0.1) is 0 Å². The Kier molecular flexibility index (Phi) is 4.71. The maximum absolute atomic E-state index is 12.4. The molecule has 1 N–H and O–H groups in total. The average molecular weight is 308 g/mol. The third-order valence-corrected chi connectivity index (χ3v) is 4.06.